The highest BCUT2D eigenvalue weighted by Gasteiger charge is 2.11. The Labute approximate surface area is 174 Å². The predicted octanol–water partition coefficient (Wildman–Crippen LogP) is 6.40. The number of hydrogen-bond acceptors (Lipinski definition) is 2. The van der Waals surface area contributed by atoms with Gasteiger partial charge in [-0.1, -0.05) is 47.5 Å². The minimum Gasteiger partial charge on any atom is -0.494 e. The van der Waals surface area contributed by atoms with Gasteiger partial charge in [0, 0.05) is 23.0 Å². The Balaban J connectivity index is 1.48. The second kappa shape index (κ2) is 8.68. The van der Waals surface area contributed by atoms with E-state index in [2.05, 4.69) is 34.9 Å². The monoisotopic (exact) mass is 410 g/mol. The number of para-hydroxylation sites is 2. The van der Waals surface area contributed by atoms with Crippen molar-refractivity contribution in [2.75, 3.05) is 6.61 Å². The summed E-state index contributed by atoms with van der Waals surface area (Å²) < 4.78 is 8.12. The Hall–Kier alpha value is -2.49. The van der Waals surface area contributed by atoms with E-state index in [4.69, 9.17) is 32.9 Å². The van der Waals surface area contributed by atoms with E-state index >= 15 is 0 Å². The van der Waals surface area contributed by atoms with Gasteiger partial charge in [0.15, 0.2) is 0 Å². The normalized spacial score (nSPS) is 11.1. The van der Waals surface area contributed by atoms with Crippen molar-refractivity contribution in [3.05, 3.63) is 94.2 Å². The fourth-order valence-electron chi connectivity index (χ4n) is 3.24. The van der Waals surface area contributed by atoms with Crippen molar-refractivity contribution < 1.29 is 4.74 Å². The molecular formula is C23H20Cl2N2O. The van der Waals surface area contributed by atoms with Crippen LogP contribution in [0, 0.1) is 0 Å². The van der Waals surface area contributed by atoms with Crippen molar-refractivity contribution in [2.24, 2.45) is 0 Å². The van der Waals surface area contributed by atoms with Crippen LogP contribution in [0.15, 0.2) is 72.8 Å². The first-order valence-electron chi connectivity index (χ1n) is 9.26. The minimum absolute atomic E-state index is 0.633. The highest BCUT2D eigenvalue weighted by atomic mass is 35.5. The molecule has 1 heterocycles. The van der Waals surface area contributed by atoms with Gasteiger partial charge in [0.05, 0.1) is 17.6 Å². The van der Waals surface area contributed by atoms with Crippen LogP contribution in [-0.4, -0.2) is 16.2 Å². The molecule has 0 atom stereocenters. The van der Waals surface area contributed by atoms with Crippen molar-refractivity contribution in [2.45, 2.75) is 19.4 Å². The Morgan fingerprint density at radius 1 is 0.821 bits per heavy atom. The SMILES string of the molecule is Clc1ccc(Cc2nc3ccccc3n2CCCOc2ccc(Cl)cc2)cc1. The summed E-state index contributed by atoms with van der Waals surface area (Å²) >= 11 is 11.9. The van der Waals surface area contributed by atoms with Gasteiger partial charge >= 0.3 is 0 Å². The number of fused-ring (bicyclic) bond motifs is 1. The molecule has 0 aliphatic rings. The molecule has 0 amide bonds. The molecule has 28 heavy (non-hydrogen) atoms. The highest BCUT2D eigenvalue weighted by molar-refractivity contribution is 6.30. The molecule has 4 rings (SSSR count). The van der Waals surface area contributed by atoms with Gasteiger partial charge in [-0.3, -0.25) is 0 Å². The summed E-state index contributed by atoms with van der Waals surface area (Å²) in [6.07, 6.45) is 1.65. The van der Waals surface area contributed by atoms with Gasteiger partial charge < -0.3 is 9.30 Å². The van der Waals surface area contributed by atoms with Crippen LogP contribution in [0.5, 0.6) is 5.75 Å². The van der Waals surface area contributed by atoms with Crippen molar-refractivity contribution >= 4 is 34.2 Å². The first kappa shape index (κ1) is 18.9. The third-order valence-corrected chi connectivity index (χ3v) is 5.12. The summed E-state index contributed by atoms with van der Waals surface area (Å²) in [5, 5.41) is 1.46. The van der Waals surface area contributed by atoms with E-state index in [0.717, 1.165) is 47.0 Å². The van der Waals surface area contributed by atoms with E-state index in [1.807, 2.05) is 42.5 Å². The predicted molar refractivity (Wildman–Crippen MR) is 116 cm³/mol. The molecule has 0 aliphatic carbocycles. The van der Waals surface area contributed by atoms with Gasteiger partial charge in [-0.15, -0.1) is 0 Å². The molecule has 3 nitrogen and oxygen atoms in total. The van der Waals surface area contributed by atoms with Crippen LogP contribution >= 0.6 is 23.2 Å². The number of aromatic nitrogens is 2. The zero-order valence-corrected chi connectivity index (χ0v) is 16.8. The van der Waals surface area contributed by atoms with E-state index in [9.17, 15) is 0 Å². The second-order valence-corrected chi connectivity index (χ2v) is 7.50. The molecular weight excluding hydrogens is 391 g/mol. The van der Waals surface area contributed by atoms with Crippen molar-refractivity contribution in [3.63, 3.8) is 0 Å². The van der Waals surface area contributed by atoms with E-state index in [-0.39, 0.29) is 0 Å². The number of hydrogen-bond donors (Lipinski definition) is 0. The second-order valence-electron chi connectivity index (χ2n) is 6.63. The third-order valence-electron chi connectivity index (χ3n) is 4.62. The molecule has 142 valence electrons. The summed E-state index contributed by atoms with van der Waals surface area (Å²) in [6.45, 7) is 1.48. The van der Waals surface area contributed by atoms with Crippen LogP contribution in [0.2, 0.25) is 10.0 Å². The summed E-state index contributed by atoms with van der Waals surface area (Å²) in [7, 11) is 0. The van der Waals surface area contributed by atoms with Gasteiger partial charge in [-0.05, 0) is 60.5 Å². The van der Waals surface area contributed by atoms with Crippen molar-refractivity contribution in [1.29, 1.82) is 0 Å². The lowest BCUT2D eigenvalue weighted by Crippen LogP contribution is -2.08. The number of ether oxygens (including phenoxy) is 1. The summed E-state index contributed by atoms with van der Waals surface area (Å²) in [5.74, 6) is 1.89. The quantitative estimate of drug-likeness (QED) is 0.329. The molecule has 0 N–H and O–H groups in total. The lowest BCUT2D eigenvalue weighted by molar-refractivity contribution is 0.302. The smallest absolute Gasteiger partial charge is 0.119 e. The molecule has 3 aromatic carbocycles. The molecule has 0 fully saturated rings. The molecule has 0 unspecified atom stereocenters. The first-order valence-corrected chi connectivity index (χ1v) is 10.0. The zero-order chi connectivity index (χ0) is 19.3. The average molecular weight is 411 g/mol. The molecule has 0 saturated heterocycles. The summed E-state index contributed by atoms with van der Waals surface area (Å²) in [5.41, 5.74) is 3.36. The summed E-state index contributed by atoms with van der Waals surface area (Å²) in [6, 6.07) is 23.6. The standard InChI is InChI=1S/C23H20Cl2N2O/c24-18-8-6-17(7-9-18)16-23-26-21-4-1-2-5-22(21)27(23)14-3-15-28-20-12-10-19(25)11-13-20/h1-2,4-13H,3,14-16H2. The first-order chi connectivity index (χ1) is 13.7. The van der Waals surface area contributed by atoms with Gasteiger partial charge in [-0.2, -0.15) is 0 Å². The van der Waals surface area contributed by atoms with Gasteiger partial charge in [0.25, 0.3) is 0 Å². The van der Waals surface area contributed by atoms with Gasteiger partial charge in [0.2, 0.25) is 0 Å². The Kier molecular flexibility index (Phi) is 5.84. The Morgan fingerprint density at radius 2 is 1.50 bits per heavy atom. The number of halogens is 2. The maximum atomic E-state index is 6.01. The largest absolute Gasteiger partial charge is 0.494 e. The zero-order valence-electron chi connectivity index (χ0n) is 15.3. The van der Waals surface area contributed by atoms with Crippen LogP contribution in [0.4, 0.5) is 0 Å². The van der Waals surface area contributed by atoms with Crippen molar-refractivity contribution in [1.82, 2.24) is 9.55 Å². The van der Waals surface area contributed by atoms with Crippen molar-refractivity contribution in [3.8, 4) is 5.75 Å². The van der Waals surface area contributed by atoms with Crippen LogP contribution < -0.4 is 4.74 Å². The molecule has 0 saturated carbocycles. The maximum Gasteiger partial charge on any atom is 0.119 e. The topological polar surface area (TPSA) is 27.1 Å². The number of nitrogens with zero attached hydrogens (tertiary/aromatic N) is 2. The number of benzene rings is 3. The molecule has 0 radical (unpaired) electrons. The lowest BCUT2D eigenvalue weighted by Gasteiger charge is -2.11. The van der Waals surface area contributed by atoms with Crippen LogP contribution in [0.3, 0.4) is 0 Å². The fourth-order valence-corrected chi connectivity index (χ4v) is 3.49. The van der Waals surface area contributed by atoms with Gasteiger partial charge in [0.1, 0.15) is 11.6 Å². The number of aryl methyl sites for hydroxylation is 1. The minimum atomic E-state index is 0.633. The average Bonchev–Trinajstić information content (AvgIpc) is 3.05. The third kappa shape index (κ3) is 4.49. The molecule has 1 aromatic heterocycles. The Morgan fingerprint density at radius 3 is 2.25 bits per heavy atom. The molecule has 5 heteroatoms. The van der Waals surface area contributed by atoms with Crippen LogP contribution in [0.25, 0.3) is 11.0 Å². The van der Waals surface area contributed by atoms with Crippen LogP contribution in [-0.2, 0) is 13.0 Å². The number of imidazole rings is 1. The molecule has 0 bridgehead atoms. The lowest BCUT2D eigenvalue weighted by atomic mass is 10.1. The number of rotatable bonds is 7. The fraction of sp³-hybridized carbons (Fsp3) is 0.174. The van der Waals surface area contributed by atoms with E-state index in [1.54, 1.807) is 0 Å². The van der Waals surface area contributed by atoms with E-state index in [0.29, 0.717) is 11.6 Å². The maximum absolute atomic E-state index is 6.01. The van der Waals surface area contributed by atoms with Gasteiger partial charge in [-0.25, -0.2) is 4.98 Å². The van der Waals surface area contributed by atoms with E-state index in [1.165, 1.54) is 5.56 Å². The summed E-state index contributed by atoms with van der Waals surface area (Å²) in [4.78, 5) is 4.85. The molecule has 0 aliphatic heterocycles. The Bertz CT molecular complexity index is 1060. The molecule has 0 spiro atoms. The van der Waals surface area contributed by atoms with E-state index < -0.39 is 0 Å². The van der Waals surface area contributed by atoms with Crippen LogP contribution in [0.1, 0.15) is 17.8 Å². The highest BCUT2D eigenvalue weighted by Crippen LogP contribution is 2.21. The molecule has 4 aromatic rings.